The van der Waals surface area contributed by atoms with E-state index in [2.05, 4.69) is 0 Å². The van der Waals surface area contributed by atoms with Gasteiger partial charge in [0, 0.05) is 17.5 Å². The second-order valence-corrected chi connectivity index (χ2v) is 7.68. The first-order valence-electron chi connectivity index (χ1n) is 8.97. The Balaban J connectivity index is 0.00000218. The van der Waals surface area contributed by atoms with Crippen molar-refractivity contribution in [1.29, 1.82) is 0 Å². The third kappa shape index (κ3) is 5.15. The number of hydrogen-bond acceptors (Lipinski definition) is 4. The normalized spacial score (nSPS) is 12.2. The van der Waals surface area contributed by atoms with Gasteiger partial charge in [-0.15, -0.1) is 11.8 Å². The topological polar surface area (TPSA) is 61.1 Å². The number of nitrogens with zero attached hydrogens (tertiary/aromatic N) is 2. The molecule has 0 bridgehead atoms. The molecule has 2 aromatic rings. The SMILES string of the molecule is CC.CCc1c(C(F)(F)F)n(C)c(=O)n(-c2cc(SC(C)C=O)c(Cl)cc2F)c1=O. The van der Waals surface area contributed by atoms with E-state index in [-0.39, 0.29) is 20.9 Å². The third-order valence-electron chi connectivity index (χ3n) is 3.93. The summed E-state index contributed by atoms with van der Waals surface area (Å²) in [6, 6.07) is 1.91. The van der Waals surface area contributed by atoms with Crippen LogP contribution in [0.4, 0.5) is 17.6 Å². The van der Waals surface area contributed by atoms with Gasteiger partial charge in [-0.2, -0.15) is 13.2 Å². The van der Waals surface area contributed by atoms with Crippen molar-refractivity contribution in [2.24, 2.45) is 7.05 Å². The van der Waals surface area contributed by atoms with Crippen LogP contribution in [0.3, 0.4) is 0 Å². The first kappa shape index (κ1) is 26.0. The molecule has 0 saturated carbocycles. The van der Waals surface area contributed by atoms with Gasteiger partial charge in [0.1, 0.15) is 17.8 Å². The van der Waals surface area contributed by atoms with Gasteiger partial charge in [0.25, 0.3) is 5.56 Å². The molecule has 1 atom stereocenters. The number of benzene rings is 1. The quantitative estimate of drug-likeness (QED) is 0.365. The van der Waals surface area contributed by atoms with Crippen LogP contribution in [0.15, 0.2) is 26.6 Å². The van der Waals surface area contributed by atoms with Crippen LogP contribution in [0.2, 0.25) is 5.02 Å². The molecule has 0 aliphatic carbocycles. The van der Waals surface area contributed by atoms with Gasteiger partial charge >= 0.3 is 11.9 Å². The van der Waals surface area contributed by atoms with Crippen molar-refractivity contribution in [2.45, 2.75) is 50.4 Å². The Morgan fingerprint density at radius 1 is 1.23 bits per heavy atom. The highest BCUT2D eigenvalue weighted by Gasteiger charge is 2.38. The Bertz CT molecular complexity index is 1050. The number of alkyl halides is 3. The zero-order chi connectivity index (χ0) is 23.4. The molecule has 166 valence electrons. The van der Waals surface area contributed by atoms with Crippen LogP contribution in [0, 0.1) is 5.82 Å². The average molecular weight is 469 g/mol. The predicted octanol–water partition coefficient (Wildman–Crippen LogP) is 4.62. The summed E-state index contributed by atoms with van der Waals surface area (Å²) in [5.41, 5.74) is -5.20. The van der Waals surface area contributed by atoms with Crippen LogP contribution in [0.25, 0.3) is 5.69 Å². The minimum Gasteiger partial charge on any atom is -0.302 e. The molecule has 1 heterocycles. The van der Waals surface area contributed by atoms with Crippen LogP contribution in [-0.4, -0.2) is 20.7 Å². The number of rotatable bonds is 5. The Labute approximate surface area is 179 Å². The van der Waals surface area contributed by atoms with E-state index < -0.39 is 45.4 Å². The van der Waals surface area contributed by atoms with E-state index in [1.54, 1.807) is 6.92 Å². The Morgan fingerprint density at radius 2 is 1.80 bits per heavy atom. The molecular formula is C19H21ClF4N2O3S. The number of aromatic nitrogens is 2. The molecule has 0 radical (unpaired) electrons. The zero-order valence-corrected chi connectivity index (χ0v) is 18.5. The lowest BCUT2D eigenvalue weighted by molar-refractivity contribution is -0.144. The van der Waals surface area contributed by atoms with Crippen molar-refractivity contribution in [3.05, 3.63) is 55.1 Å². The highest BCUT2D eigenvalue weighted by atomic mass is 35.5. The first-order valence-corrected chi connectivity index (χ1v) is 10.2. The first-order chi connectivity index (χ1) is 13.9. The van der Waals surface area contributed by atoms with E-state index in [1.165, 1.54) is 6.92 Å². The highest BCUT2D eigenvalue weighted by molar-refractivity contribution is 8.00. The summed E-state index contributed by atoms with van der Waals surface area (Å²) >= 11 is 6.90. The van der Waals surface area contributed by atoms with Gasteiger partial charge in [0.15, 0.2) is 0 Å². The molecular weight excluding hydrogens is 448 g/mol. The van der Waals surface area contributed by atoms with Crippen LogP contribution >= 0.6 is 23.4 Å². The number of thioether (sulfide) groups is 1. The Hall–Kier alpha value is -2.07. The molecule has 0 aliphatic rings. The van der Waals surface area contributed by atoms with E-state index >= 15 is 0 Å². The van der Waals surface area contributed by atoms with Gasteiger partial charge in [-0.25, -0.2) is 13.8 Å². The minimum absolute atomic E-state index is 0.0625. The van der Waals surface area contributed by atoms with Crippen molar-refractivity contribution in [1.82, 2.24) is 9.13 Å². The van der Waals surface area contributed by atoms with Gasteiger partial charge in [-0.3, -0.25) is 9.36 Å². The summed E-state index contributed by atoms with van der Waals surface area (Å²) in [5, 5.41) is -0.623. The number of carbonyl (C=O) groups is 1. The fraction of sp³-hybridized carbons (Fsp3) is 0.421. The number of hydrogen-bond donors (Lipinski definition) is 0. The van der Waals surface area contributed by atoms with Crippen molar-refractivity contribution in [3.63, 3.8) is 0 Å². The van der Waals surface area contributed by atoms with Crippen LogP contribution in [0.1, 0.15) is 39.0 Å². The standard InChI is InChI=1S/C17H15ClF4N2O3S.C2H6/c1-4-9-14(17(20,21)22)23(3)16(27)24(15(9)26)12-6-13(28-8(2)7-25)10(18)5-11(12)19;1-2/h5-8H,4H2,1-3H3;1-2H3. The summed E-state index contributed by atoms with van der Waals surface area (Å²) in [7, 11) is 0.859. The fourth-order valence-electron chi connectivity index (χ4n) is 2.67. The smallest absolute Gasteiger partial charge is 0.302 e. The maximum Gasteiger partial charge on any atom is 0.432 e. The molecule has 1 unspecified atom stereocenters. The number of carbonyl (C=O) groups excluding carboxylic acids is 1. The molecule has 11 heteroatoms. The van der Waals surface area contributed by atoms with E-state index in [9.17, 15) is 31.9 Å². The van der Waals surface area contributed by atoms with E-state index in [1.807, 2.05) is 13.8 Å². The van der Waals surface area contributed by atoms with Crippen molar-refractivity contribution in [3.8, 4) is 5.69 Å². The minimum atomic E-state index is -4.93. The summed E-state index contributed by atoms with van der Waals surface area (Å²) < 4.78 is 55.1. The summed E-state index contributed by atoms with van der Waals surface area (Å²) in [6.07, 6.45) is -4.64. The molecule has 2 rings (SSSR count). The average Bonchev–Trinajstić information content (AvgIpc) is 2.68. The van der Waals surface area contributed by atoms with E-state index in [0.717, 1.165) is 30.9 Å². The second kappa shape index (κ2) is 10.3. The van der Waals surface area contributed by atoms with E-state index in [4.69, 9.17) is 11.6 Å². The molecule has 0 amide bonds. The van der Waals surface area contributed by atoms with Gasteiger partial charge in [-0.05, 0) is 25.5 Å². The number of halogens is 5. The maximum absolute atomic E-state index is 14.5. The molecule has 0 saturated heterocycles. The Kier molecular flexibility index (Phi) is 8.91. The molecule has 1 aromatic carbocycles. The summed E-state index contributed by atoms with van der Waals surface area (Å²) in [6.45, 7) is 6.88. The van der Waals surface area contributed by atoms with Crippen molar-refractivity contribution >= 4 is 29.6 Å². The van der Waals surface area contributed by atoms with Crippen molar-refractivity contribution in [2.75, 3.05) is 0 Å². The Morgan fingerprint density at radius 3 is 2.27 bits per heavy atom. The summed E-state index contributed by atoms with van der Waals surface area (Å²) in [4.78, 5) is 36.2. The van der Waals surface area contributed by atoms with E-state index in [0.29, 0.717) is 10.9 Å². The van der Waals surface area contributed by atoms with Crippen LogP contribution < -0.4 is 11.2 Å². The molecule has 5 nitrogen and oxygen atoms in total. The molecule has 0 spiro atoms. The molecule has 0 N–H and O–H groups in total. The second-order valence-electron chi connectivity index (χ2n) is 5.85. The van der Waals surface area contributed by atoms with Gasteiger partial charge in [0.05, 0.1) is 16.0 Å². The fourth-order valence-corrected chi connectivity index (χ4v) is 3.76. The maximum atomic E-state index is 14.5. The summed E-state index contributed by atoms with van der Waals surface area (Å²) in [5.74, 6) is -1.06. The van der Waals surface area contributed by atoms with Gasteiger partial charge in [-0.1, -0.05) is 32.4 Å². The molecule has 1 aromatic heterocycles. The van der Waals surface area contributed by atoms with Crippen LogP contribution in [-0.2, 0) is 24.4 Å². The van der Waals surface area contributed by atoms with Crippen molar-refractivity contribution < 1.29 is 22.4 Å². The largest absolute Gasteiger partial charge is 0.432 e. The lowest BCUT2D eigenvalue weighted by Gasteiger charge is -2.19. The lowest BCUT2D eigenvalue weighted by Crippen LogP contribution is -2.44. The third-order valence-corrected chi connectivity index (χ3v) is 5.43. The predicted molar refractivity (Wildman–Crippen MR) is 109 cm³/mol. The number of aldehydes is 1. The monoisotopic (exact) mass is 468 g/mol. The lowest BCUT2D eigenvalue weighted by atomic mass is 10.1. The van der Waals surface area contributed by atoms with Gasteiger partial charge in [0.2, 0.25) is 0 Å². The molecule has 0 aliphatic heterocycles. The molecule has 30 heavy (non-hydrogen) atoms. The van der Waals surface area contributed by atoms with Crippen LogP contribution in [0.5, 0.6) is 0 Å². The zero-order valence-electron chi connectivity index (χ0n) is 16.9. The molecule has 0 fully saturated rings. The highest BCUT2D eigenvalue weighted by Crippen LogP contribution is 2.33. The van der Waals surface area contributed by atoms with Gasteiger partial charge < -0.3 is 4.79 Å².